The molecule has 6 nitrogen and oxygen atoms in total. The number of nitrogens with zero attached hydrogens (tertiary/aromatic N) is 3. The fourth-order valence-corrected chi connectivity index (χ4v) is 2.95. The predicted octanol–water partition coefficient (Wildman–Crippen LogP) is -1.94. The quantitative estimate of drug-likeness (QED) is 0.451. The van der Waals surface area contributed by atoms with Crippen molar-refractivity contribution in [3.63, 3.8) is 0 Å². The lowest BCUT2D eigenvalue weighted by Gasteiger charge is -2.34. The predicted molar refractivity (Wildman–Crippen MR) is 84.1 cm³/mol. The number of nitrogens with one attached hydrogen (secondary N) is 2. The van der Waals surface area contributed by atoms with E-state index in [1.807, 2.05) is 0 Å². The monoisotopic (exact) mass is 284 g/mol. The third-order valence-electron chi connectivity index (χ3n) is 4.33. The zero-order valence-electron chi connectivity index (χ0n) is 12.8. The highest BCUT2D eigenvalue weighted by Gasteiger charge is 2.15. The number of nitrogens with two attached hydrogens (primary N) is 1. The maximum absolute atomic E-state index is 5.60. The molecule has 4 N–H and O–H groups in total. The van der Waals surface area contributed by atoms with Crippen molar-refractivity contribution in [2.75, 3.05) is 91.6 Å². The molecule has 2 aliphatic heterocycles. The zero-order valence-corrected chi connectivity index (χ0v) is 12.8. The molecule has 0 aromatic rings. The standard InChI is InChI=1S/C14H32N6/c15-1-6-18-11-13-20(14-12-18)10-5-17-4-9-19-7-2-16-3-8-19/h16-17H,1-15H2. The van der Waals surface area contributed by atoms with E-state index < -0.39 is 0 Å². The second kappa shape index (κ2) is 9.65. The molecule has 118 valence electrons. The maximum Gasteiger partial charge on any atom is 0.0110 e. The van der Waals surface area contributed by atoms with E-state index in [1.165, 1.54) is 52.4 Å². The second-order valence-electron chi connectivity index (χ2n) is 5.81. The van der Waals surface area contributed by atoms with Crippen LogP contribution in [-0.2, 0) is 0 Å². The molecule has 0 atom stereocenters. The van der Waals surface area contributed by atoms with Gasteiger partial charge >= 0.3 is 0 Å². The summed E-state index contributed by atoms with van der Waals surface area (Å²) in [4.78, 5) is 7.56. The molecule has 0 radical (unpaired) electrons. The average Bonchev–Trinajstić information content (AvgIpc) is 2.50. The van der Waals surface area contributed by atoms with Crippen LogP contribution in [0.5, 0.6) is 0 Å². The lowest BCUT2D eigenvalue weighted by atomic mass is 10.3. The van der Waals surface area contributed by atoms with E-state index in [0.29, 0.717) is 0 Å². The van der Waals surface area contributed by atoms with Gasteiger partial charge in [0.05, 0.1) is 0 Å². The molecular formula is C14H32N6. The molecule has 0 saturated carbocycles. The molecule has 2 aliphatic rings. The van der Waals surface area contributed by atoms with Gasteiger partial charge in [0.2, 0.25) is 0 Å². The van der Waals surface area contributed by atoms with Gasteiger partial charge in [-0.1, -0.05) is 0 Å². The van der Waals surface area contributed by atoms with E-state index >= 15 is 0 Å². The highest BCUT2D eigenvalue weighted by Crippen LogP contribution is 1.99. The molecule has 2 fully saturated rings. The van der Waals surface area contributed by atoms with Gasteiger partial charge in [-0.3, -0.25) is 14.7 Å². The third kappa shape index (κ3) is 6.03. The lowest BCUT2D eigenvalue weighted by Crippen LogP contribution is -2.49. The molecule has 20 heavy (non-hydrogen) atoms. The molecule has 0 unspecified atom stereocenters. The van der Waals surface area contributed by atoms with Gasteiger partial charge in [0, 0.05) is 91.6 Å². The van der Waals surface area contributed by atoms with Crippen molar-refractivity contribution in [1.82, 2.24) is 25.3 Å². The van der Waals surface area contributed by atoms with Crippen molar-refractivity contribution in [3.8, 4) is 0 Å². The van der Waals surface area contributed by atoms with Crippen LogP contribution in [0, 0.1) is 0 Å². The molecule has 6 heteroatoms. The van der Waals surface area contributed by atoms with Gasteiger partial charge in [-0.05, 0) is 0 Å². The Morgan fingerprint density at radius 1 is 0.750 bits per heavy atom. The Morgan fingerprint density at radius 3 is 1.80 bits per heavy atom. The Kier molecular flexibility index (Phi) is 7.79. The van der Waals surface area contributed by atoms with E-state index in [4.69, 9.17) is 5.73 Å². The third-order valence-corrected chi connectivity index (χ3v) is 4.33. The summed E-state index contributed by atoms with van der Waals surface area (Å²) in [6.07, 6.45) is 0. The number of hydrogen-bond donors (Lipinski definition) is 3. The van der Waals surface area contributed by atoms with E-state index in [0.717, 1.165) is 39.3 Å². The van der Waals surface area contributed by atoms with E-state index in [9.17, 15) is 0 Å². The summed E-state index contributed by atoms with van der Waals surface area (Å²) in [5.41, 5.74) is 5.60. The van der Waals surface area contributed by atoms with Crippen LogP contribution in [0.25, 0.3) is 0 Å². The van der Waals surface area contributed by atoms with Crippen molar-refractivity contribution in [2.45, 2.75) is 0 Å². The highest BCUT2D eigenvalue weighted by molar-refractivity contribution is 4.73. The summed E-state index contributed by atoms with van der Waals surface area (Å²) >= 11 is 0. The van der Waals surface area contributed by atoms with Gasteiger partial charge in [0.15, 0.2) is 0 Å². The molecule has 0 spiro atoms. The summed E-state index contributed by atoms with van der Waals surface area (Å²) in [7, 11) is 0. The normalized spacial score (nSPS) is 23.2. The van der Waals surface area contributed by atoms with Gasteiger partial charge in [-0.2, -0.15) is 0 Å². The molecule has 2 rings (SSSR count). The molecule has 0 amide bonds. The van der Waals surface area contributed by atoms with Crippen LogP contribution >= 0.6 is 0 Å². The van der Waals surface area contributed by atoms with Crippen LogP contribution in [0.4, 0.5) is 0 Å². The van der Waals surface area contributed by atoms with E-state index in [2.05, 4.69) is 25.3 Å². The van der Waals surface area contributed by atoms with Crippen LogP contribution in [0.3, 0.4) is 0 Å². The van der Waals surface area contributed by atoms with Gasteiger partial charge in [0.25, 0.3) is 0 Å². The maximum atomic E-state index is 5.60. The summed E-state index contributed by atoms with van der Waals surface area (Å²) < 4.78 is 0. The smallest absolute Gasteiger partial charge is 0.0110 e. The van der Waals surface area contributed by atoms with Gasteiger partial charge in [0.1, 0.15) is 0 Å². The van der Waals surface area contributed by atoms with Crippen molar-refractivity contribution in [2.24, 2.45) is 5.73 Å². The van der Waals surface area contributed by atoms with Gasteiger partial charge in [-0.15, -0.1) is 0 Å². The van der Waals surface area contributed by atoms with Crippen LogP contribution in [0.1, 0.15) is 0 Å². The molecule has 0 aromatic carbocycles. The number of piperazine rings is 2. The average molecular weight is 284 g/mol. The van der Waals surface area contributed by atoms with Crippen molar-refractivity contribution < 1.29 is 0 Å². The SMILES string of the molecule is NCCN1CCN(CCNCCN2CCNCC2)CC1. The summed E-state index contributed by atoms with van der Waals surface area (Å²) in [6, 6.07) is 0. The minimum absolute atomic E-state index is 0.785. The first-order chi connectivity index (χ1) is 9.88. The van der Waals surface area contributed by atoms with Crippen LogP contribution in [-0.4, -0.2) is 106 Å². The van der Waals surface area contributed by atoms with Gasteiger partial charge in [-0.25, -0.2) is 0 Å². The molecule has 0 bridgehead atoms. The minimum atomic E-state index is 0.785. The number of rotatable bonds is 8. The lowest BCUT2D eigenvalue weighted by molar-refractivity contribution is 0.135. The van der Waals surface area contributed by atoms with E-state index in [1.54, 1.807) is 0 Å². The minimum Gasteiger partial charge on any atom is -0.329 e. The topological polar surface area (TPSA) is 59.8 Å². The Bertz CT molecular complexity index is 236. The van der Waals surface area contributed by atoms with Gasteiger partial charge < -0.3 is 16.4 Å². The first-order valence-electron chi connectivity index (χ1n) is 8.17. The highest BCUT2D eigenvalue weighted by atomic mass is 15.3. The molecular weight excluding hydrogens is 252 g/mol. The number of hydrogen-bond acceptors (Lipinski definition) is 6. The Morgan fingerprint density at radius 2 is 1.25 bits per heavy atom. The Balaban J connectivity index is 1.43. The summed E-state index contributed by atoms with van der Waals surface area (Å²) in [6.45, 7) is 15.9. The largest absolute Gasteiger partial charge is 0.329 e. The van der Waals surface area contributed by atoms with Crippen LogP contribution in [0.15, 0.2) is 0 Å². The second-order valence-corrected chi connectivity index (χ2v) is 5.81. The Hall–Kier alpha value is -0.240. The summed E-state index contributed by atoms with van der Waals surface area (Å²) in [5.74, 6) is 0. The first-order valence-corrected chi connectivity index (χ1v) is 8.17. The fraction of sp³-hybridized carbons (Fsp3) is 1.00. The van der Waals surface area contributed by atoms with Crippen LogP contribution in [0.2, 0.25) is 0 Å². The first kappa shape index (κ1) is 16.1. The Labute approximate surface area is 123 Å². The summed E-state index contributed by atoms with van der Waals surface area (Å²) in [5, 5.41) is 6.97. The fourth-order valence-electron chi connectivity index (χ4n) is 2.95. The molecule has 2 saturated heterocycles. The van der Waals surface area contributed by atoms with Crippen molar-refractivity contribution >= 4 is 0 Å². The zero-order chi connectivity index (χ0) is 14.0. The molecule has 0 aliphatic carbocycles. The van der Waals surface area contributed by atoms with Crippen molar-refractivity contribution in [1.29, 1.82) is 0 Å². The van der Waals surface area contributed by atoms with Crippen LogP contribution < -0.4 is 16.4 Å². The molecule has 2 heterocycles. The van der Waals surface area contributed by atoms with Crippen molar-refractivity contribution in [3.05, 3.63) is 0 Å². The van der Waals surface area contributed by atoms with E-state index in [-0.39, 0.29) is 0 Å². The molecule has 0 aromatic heterocycles.